The Bertz CT molecular complexity index is 291. The molecule has 0 aromatic heterocycles. The second kappa shape index (κ2) is 4.00. The van der Waals surface area contributed by atoms with Crippen LogP contribution in [0.4, 0.5) is 0 Å². The van der Waals surface area contributed by atoms with Crippen molar-refractivity contribution in [1.29, 1.82) is 0 Å². The Hall–Kier alpha value is -0.610. The molecule has 16 heavy (non-hydrogen) atoms. The molecular weight excluding hydrogens is 204 g/mol. The van der Waals surface area contributed by atoms with E-state index in [9.17, 15) is 4.79 Å². The third-order valence-corrected chi connectivity index (χ3v) is 4.30. The summed E-state index contributed by atoms with van der Waals surface area (Å²) in [5.74, 6) is 0.124. The van der Waals surface area contributed by atoms with Crippen molar-refractivity contribution < 1.29 is 9.53 Å². The number of methoxy groups -OCH3 is 1. The summed E-state index contributed by atoms with van der Waals surface area (Å²) in [6.07, 6.45) is 3.07. The van der Waals surface area contributed by atoms with E-state index >= 15 is 0 Å². The van der Waals surface area contributed by atoms with Crippen molar-refractivity contribution in [2.45, 2.75) is 51.3 Å². The summed E-state index contributed by atoms with van der Waals surface area (Å²) in [6, 6.07) is 0.0162. The van der Waals surface area contributed by atoms with Crippen LogP contribution in [0.25, 0.3) is 0 Å². The number of nitrogens with two attached hydrogens (primary N) is 1. The van der Waals surface area contributed by atoms with Crippen LogP contribution in [0.15, 0.2) is 0 Å². The minimum absolute atomic E-state index is 0.0570. The average Bonchev–Trinajstić information content (AvgIpc) is 2.23. The molecule has 3 atom stereocenters. The second-order valence-corrected chi connectivity index (χ2v) is 5.58. The molecule has 1 amide bonds. The van der Waals surface area contributed by atoms with Gasteiger partial charge in [0.05, 0.1) is 12.1 Å². The first-order valence-electron chi connectivity index (χ1n) is 6.07. The van der Waals surface area contributed by atoms with E-state index in [1.807, 2.05) is 4.90 Å². The smallest absolute Gasteiger partial charge is 0.239 e. The van der Waals surface area contributed by atoms with Crippen LogP contribution in [0.3, 0.4) is 0 Å². The van der Waals surface area contributed by atoms with Gasteiger partial charge in [0.1, 0.15) is 0 Å². The van der Waals surface area contributed by atoms with Crippen molar-refractivity contribution in [2.75, 3.05) is 13.7 Å². The molecule has 1 aliphatic carbocycles. The van der Waals surface area contributed by atoms with Gasteiger partial charge in [0.15, 0.2) is 0 Å². The van der Waals surface area contributed by atoms with Crippen LogP contribution in [0.2, 0.25) is 0 Å². The Balaban J connectivity index is 2.06. The van der Waals surface area contributed by atoms with Gasteiger partial charge in [-0.2, -0.15) is 0 Å². The fourth-order valence-electron chi connectivity index (χ4n) is 3.03. The van der Waals surface area contributed by atoms with Crippen molar-refractivity contribution in [3.63, 3.8) is 0 Å². The van der Waals surface area contributed by atoms with E-state index in [0.29, 0.717) is 6.04 Å². The fourth-order valence-corrected chi connectivity index (χ4v) is 3.03. The number of carbonyl (C=O) groups excluding carboxylic acids is 1. The number of amides is 1. The highest BCUT2D eigenvalue weighted by Gasteiger charge is 2.53. The maximum Gasteiger partial charge on any atom is 0.239 e. The van der Waals surface area contributed by atoms with Gasteiger partial charge in [-0.05, 0) is 19.3 Å². The first-order valence-corrected chi connectivity index (χ1v) is 6.07. The lowest BCUT2D eigenvalue weighted by atomic mass is 9.63. The van der Waals surface area contributed by atoms with E-state index in [-0.39, 0.29) is 23.5 Å². The number of piperidine rings is 1. The summed E-state index contributed by atoms with van der Waals surface area (Å²) in [7, 11) is 1.74. The Morgan fingerprint density at radius 2 is 2.19 bits per heavy atom. The number of hydrogen-bond acceptors (Lipinski definition) is 3. The van der Waals surface area contributed by atoms with Crippen LogP contribution in [0, 0.1) is 5.41 Å². The average molecular weight is 226 g/mol. The second-order valence-electron chi connectivity index (χ2n) is 5.58. The zero-order valence-electron chi connectivity index (χ0n) is 10.4. The molecule has 1 saturated carbocycles. The predicted molar refractivity (Wildman–Crippen MR) is 61.9 cm³/mol. The van der Waals surface area contributed by atoms with E-state index in [2.05, 4.69) is 13.8 Å². The van der Waals surface area contributed by atoms with Gasteiger partial charge >= 0.3 is 0 Å². The zero-order chi connectivity index (χ0) is 11.9. The van der Waals surface area contributed by atoms with E-state index in [1.165, 1.54) is 0 Å². The lowest BCUT2D eigenvalue weighted by Crippen LogP contribution is -2.66. The lowest BCUT2D eigenvalue weighted by Gasteiger charge is -2.56. The van der Waals surface area contributed by atoms with Crippen LogP contribution >= 0.6 is 0 Å². The molecule has 1 heterocycles. The molecule has 2 aliphatic rings. The van der Waals surface area contributed by atoms with Gasteiger partial charge in [0.2, 0.25) is 5.91 Å². The first kappa shape index (κ1) is 11.9. The van der Waals surface area contributed by atoms with Crippen molar-refractivity contribution >= 4 is 5.91 Å². The van der Waals surface area contributed by atoms with Gasteiger partial charge in [0.25, 0.3) is 0 Å². The normalized spacial score (nSPS) is 38.4. The van der Waals surface area contributed by atoms with Gasteiger partial charge in [-0.1, -0.05) is 13.8 Å². The van der Waals surface area contributed by atoms with Crippen LogP contribution in [0.1, 0.15) is 33.1 Å². The third-order valence-electron chi connectivity index (χ3n) is 4.30. The molecule has 0 aromatic rings. The van der Waals surface area contributed by atoms with E-state index in [0.717, 1.165) is 25.8 Å². The maximum absolute atomic E-state index is 12.0. The minimum atomic E-state index is -0.286. The third kappa shape index (κ3) is 1.64. The number of likely N-dealkylation sites (tertiary alicyclic amines) is 1. The van der Waals surface area contributed by atoms with Gasteiger partial charge in [-0.3, -0.25) is 4.79 Å². The molecule has 3 unspecified atom stereocenters. The Morgan fingerprint density at radius 1 is 1.50 bits per heavy atom. The molecule has 92 valence electrons. The molecular formula is C12H22N2O2. The largest absolute Gasteiger partial charge is 0.381 e. The molecule has 0 bridgehead atoms. The Kier molecular flexibility index (Phi) is 2.97. The van der Waals surface area contributed by atoms with E-state index in [4.69, 9.17) is 10.5 Å². The summed E-state index contributed by atoms with van der Waals surface area (Å²) < 4.78 is 5.42. The highest BCUT2D eigenvalue weighted by atomic mass is 16.5. The topological polar surface area (TPSA) is 55.6 Å². The highest BCUT2D eigenvalue weighted by molar-refractivity contribution is 5.82. The highest BCUT2D eigenvalue weighted by Crippen LogP contribution is 2.46. The van der Waals surface area contributed by atoms with Crippen LogP contribution in [0.5, 0.6) is 0 Å². The maximum atomic E-state index is 12.0. The number of rotatable bonds is 2. The molecule has 0 spiro atoms. The van der Waals surface area contributed by atoms with Crippen molar-refractivity contribution in [3.8, 4) is 0 Å². The molecule has 4 nitrogen and oxygen atoms in total. The molecule has 2 fully saturated rings. The van der Waals surface area contributed by atoms with Gasteiger partial charge in [-0.25, -0.2) is 0 Å². The summed E-state index contributed by atoms with van der Waals surface area (Å²) in [4.78, 5) is 14.0. The van der Waals surface area contributed by atoms with Crippen LogP contribution in [-0.4, -0.2) is 42.6 Å². The van der Waals surface area contributed by atoms with Gasteiger partial charge < -0.3 is 15.4 Å². The van der Waals surface area contributed by atoms with Crippen molar-refractivity contribution in [1.82, 2.24) is 4.90 Å². The van der Waals surface area contributed by atoms with Gasteiger partial charge in [0, 0.05) is 25.1 Å². The molecule has 0 aromatic carbocycles. The molecule has 2 rings (SSSR count). The molecule has 4 heteroatoms. The number of carbonyl (C=O) groups is 1. The monoisotopic (exact) mass is 226 g/mol. The zero-order valence-corrected chi connectivity index (χ0v) is 10.4. The van der Waals surface area contributed by atoms with Gasteiger partial charge in [-0.15, -0.1) is 0 Å². The summed E-state index contributed by atoms with van der Waals surface area (Å²) in [5.41, 5.74) is 5.88. The Labute approximate surface area is 97.1 Å². The van der Waals surface area contributed by atoms with Crippen LogP contribution < -0.4 is 5.73 Å². The number of ether oxygens (including phenoxy) is 1. The van der Waals surface area contributed by atoms with Crippen molar-refractivity contribution in [3.05, 3.63) is 0 Å². The molecule has 2 N–H and O–H groups in total. The molecule has 1 aliphatic heterocycles. The van der Waals surface area contributed by atoms with E-state index < -0.39 is 0 Å². The fraction of sp³-hybridized carbons (Fsp3) is 0.917. The SMILES string of the molecule is COC1CC(N2CCCC(N)C2=O)C1(C)C. The molecule has 0 radical (unpaired) electrons. The minimum Gasteiger partial charge on any atom is -0.381 e. The van der Waals surface area contributed by atoms with Crippen LogP contribution in [-0.2, 0) is 9.53 Å². The lowest BCUT2D eigenvalue weighted by molar-refractivity contribution is -0.166. The number of nitrogens with zero attached hydrogens (tertiary/aromatic N) is 1. The Morgan fingerprint density at radius 3 is 2.75 bits per heavy atom. The predicted octanol–water partition coefficient (Wildman–Crippen LogP) is 0.750. The molecule has 1 saturated heterocycles. The van der Waals surface area contributed by atoms with Crippen molar-refractivity contribution in [2.24, 2.45) is 11.1 Å². The van der Waals surface area contributed by atoms with E-state index in [1.54, 1.807) is 7.11 Å². The summed E-state index contributed by atoms with van der Waals surface area (Å²) >= 11 is 0. The quantitative estimate of drug-likeness (QED) is 0.756. The summed E-state index contributed by atoms with van der Waals surface area (Å²) in [6.45, 7) is 5.20. The number of hydrogen-bond donors (Lipinski definition) is 1. The first-order chi connectivity index (χ1) is 7.48. The standard InChI is InChI=1S/C12H22N2O2/c1-12(2)9(7-10(12)16-3)14-6-4-5-8(13)11(14)15/h8-10H,4-7,13H2,1-3H3. The summed E-state index contributed by atoms with van der Waals surface area (Å²) in [5, 5.41) is 0.